The maximum atomic E-state index is 12.5. The average Bonchev–Trinajstić information content (AvgIpc) is 3.29. The van der Waals surface area contributed by atoms with Gasteiger partial charge in [0.1, 0.15) is 0 Å². The number of rotatable bonds is 7. The molecule has 31 heavy (non-hydrogen) atoms. The van der Waals surface area contributed by atoms with Gasteiger partial charge in [0.2, 0.25) is 5.91 Å². The number of hydrogen-bond acceptors (Lipinski definition) is 6. The van der Waals surface area contributed by atoms with Crippen molar-refractivity contribution in [3.63, 3.8) is 0 Å². The summed E-state index contributed by atoms with van der Waals surface area (Å²) in [5, 5.41) is 6.97. The summed E-state index contributed by atoms with van der Waals surface area (Å²) in [6, 6.07) is 14.8. The van der Waals surface area contributed by atoms with Gasteiger partial charge in [0.05, 0.1) is 28.8 Å². The van der Waals surface area contributed by atoms with E-state index in [2.05, 4.69) is 43.7 Å². The van der Waals surface area contributed by atoms with Crippen molar-refractivity contribution in [1.82, 2.24) is 10.3 Å². The van der Waals surface area contributed by atoms with Crippen molar-refractivity contribution in [2.75, 3.05) is 11.1 Å². The van der Waals surface area contributed by atoms with Gasteiger partial charge in [-0.25, -0.2) is 13.4 Å². The van der Waals surface area contributed by atoms with Crippen LogP contribution >= 0.6 is 27.3 Å². The first-order valence-corrected chi connectivity index (χ1v) is 13.2. The molecule has 2 heterocycles. The third-order valence-corrected chi connectivity index (χ3v) is 8.40. The molecular formula is C22H22BrN3O3S2. The largest absolute Gasteiger partial charge is 0.303 e. The van der Waals surface area contributed by atoms with Crippen molar-refractivity contribution in [3.05, 3.63) is 74.7 Å². The standard InChI is InChI=1S/C22H22BrN3O3S2/c1-2-31(28,29)17-8-6-14(7-9-17)12-20(27)25-22-26-21-18(24-13-19(21)30-22)11-15-4-3-5-16(23)10-15/h3-10,18,24H,2,11-13H2,1H3,(H,25,26,27). The fraction of sp³-hybridized carbons (Fsp3) is 0.273. The molecule has 1 aromatic heterocycles. The normalized spacial score (nSPS) is 15.6. The van der Waals surface area contributed by atoms with Gasteiger partial charge in [0, 0.05) is 15.9 Å². The molecule has 1 aliphatic heterocycles. The zero-order valence-corrected chi connectivity index (χ0v) is 20.1. The lowest BCUT2D eigenvalue weighted by Gasteiger charge is -2.11. The van der Waals surface area contributed by atoms with Crippen LogP contribution in [0.3, 0.4) is 0 Å². The number of benzene rings is 2. The van der Waals surface area contributed by atoms with Crippen molar-refractivity contribution < 1.29 is 13.2 Å². The molecule has 1 aliphatic rings. The minimum Gasteiger partial charge on any atom is -0.303 e. The summed E-state index contributed by atoms with van der Waals surface area (Å²) in [6.45, 7) is 2.36. The van der Waals surface area contributed by atoms with Gasteiger partial charge in [0.15, 0.2) is 15.0 Å². The first kappa shape index (κ1) is 22.1. The molecule has 9 heteroatoms. The van der Waals surface area contributed by atoms with E-state index in [-0.39, 0.29) is 29.0 Å². The molecule has 2 aromatic carbocycles. The number of halogens is 1. The molecule has 2 N–H and O–H groups in total. The molecule has 4 rings (SSSR count). The number of amides is 1. The summed E-state index contributed by atoms with van der Waals surface area (Å²) in [5.74, 6) is -0.117. The van der Waals surface area contributed by atoms with Crippen LogP contribution in [0.15, 0.2) is 57.9 Å². The Kier molecular flexibility index (Phi) is 6.57. The van der Waals surface area contributed by atoms with Gasteiger partial charge in [-0.15, -0.1) is 11.3 Å². The van der Waals surface area contributed by atoms with Crippen molar-refractivity contribution in [1.29, 1.82) is 0 Å². The molecule has 3 aromatic rings. The Labute approximate surface area is 194 Å². The van der Waals surface area contributed by atoms with Crippen LogP contribution in [0.1, 0.15) is 34.7 Å². The van der Waals surface area contributed by atoms with E-state index in [4.69, 9.17) is 0 Å². The van der Waals surface area contributed by atoms with E-state index in [9.17, 15) is 13.2 Å². The highest BCUT2D eigenvalue weighted by molar-refractivity contribution is 9.10. The third-order valence-electron chi connectivity index (χ3n) is 5.17. The second-order valence-corrected chi connectivity index (χ2v) is 11.6. The van der Waals surface area contributed by atoms with Crippen molar-refractivity contribution in [2.24, 2.45) is 0 Å². The van der Waals surface area contributed by atoms with Crippen molar-refractivity contribution >= 4 is 48.1 Å². The molecular weight excluding hydrogens is 498 g/mol. The van der Waals surface area contributed by atoms with Crippen molar-refractivity contribution in [2.45, 2.75) is 37.2 Å². The number of nitrogens with zero attached hydrogens (tertiary/aromatic N) is 1. The van der Waals surface area contributed by atoms with Crippen LogP contribution in [0, 0.1) is 0 Å². The van der Waals surface area contributed by atoms with Crippen LogP contribution in [0.4, 0.5) is 5.13 Å². The van der Waals surface area contributed by atoms with Gasteiger partial charge in [-0.3, -0.25) is 4.79 Å². The van der Waals surface area contributed by atoms with E-state index < -0.39 is 9.84 Å². The Morgan fingerprint density at radius 3 is 2.71 bits per heavy atom. The van der Waals surface area contributed by atoms with Gasteiger partial charge in [0.25, 0.3) is 0 Å². The fourth-order valence-corrected chi connectivity index (χ4v) is 5.85. The number of sulfone groups is 1. The molecule has 0 saturated heterocycles. The van der Waals surface area contributed by atoms with Crippen LogP contribution in [0.5, 0.6) is 0 Å². The summed E-state index contributed by atoms with van der Waals surface area (Å²) in [6.07, 6.45) is 0.993. The van der Waals surface area contributed by atoms with Gasteiger partial charge in [-0.1, -0.05) is 47.1 Å². The number of hydrogen-bond donors (Lipinski definition) is 2. The van der Waals surface area contributed by atoms with Gasteiger partial charge in [-0.05, 0) is 41.8 Å². The summed E-state index contributed by atoms with van der Waals surface area (Å²) in [4.78, 5) is 18.6. The number of carbonyl (C=O) groups is 1. The van der Waals surface area contributed by atoms with Gasteiger partial charge >= 0.3 is 0 Å². The molecule has 162 valence electrons. The highest BCUT2D eigenvalue weighted by Gasteiger charge is 2.27. The number of thiazole rings is 1. The number of anilines is 1. The maximum absolute atomic E-state index is 12.5. The van der Waals surface area contributed by atoms with Gasteiger partial charge in [-0.2, -0.15) is 0 Å². The molecule has 0 spiro atoms. The Bertz CT molecular complexity index is 1210. The number of nitrogens with one attached hydrogen (secondary N) is 2. The van der Waals surface area contributed by atoms with Crippen LogP contribution < -0.4 is 10.6 Å². The second-order valence-electron chi connectivity index (χ2n) is 7.37. The lowest BCUT2D eigenvalue weighted by molar-refractivity contribution is -0.115. The maximum Gasteiger partial charge on any atom is 0.230 e. The molecule has 1 atom stereocenters. The third kappa shape index (κ3) is 5.23. The van der Waals surface area contributed by atoms with Gasteiger partial charge < -0.3 is 10.6 Å². The molecule has 0 fully saturated rings. The molecule has 1 amide bonds. The van der Waals surface area contributed by atoms with E-state index in [1.165, 1.54) is 16.9 Å². The molecule has 0 saturated carbocycles. The Morgan fingerprint density at radius 1 is 1.23 bits per heavy atom. The second kappa shape index (κ2) is 9.20. The first-order chi connectivity index (χ1) is 14.8. The summed E-state index contributed by atoms with van der Waals surface area (Å²) < 4.78 is 24.9. The quantitative estimate of drug-likeness (QED) is 0.486. The smallest absolute Gasteiger partial charge is 0.230 e. The van der Waals surface area contributed by atoms with Crippen molar-refractivity contribution in [3.8, 4) is 0 Å². The topological polar surface area (TPSA) is 88.2 Å². The highest BCUT2D eigenvalue weighted by atomic mass is 79.9. The number of carbonyl (C=O) groups excluding carboxylic acids is 1. The van der Waals surface area contributed by atoms with E-state index in [1.807, 2.05) is 12.1 Å². The molecule has 0 bridgehead atoms. The number of fused-ring (bicyclic) bond motifs is 1. The van der Waals surface area contributed by atoms with Crippen LogP contribution in [0.2, 0.25) is 0 Å². The minimum atomic E-state index is -3.24. The molecule has 0 aliphatic carbocycles. The van der Waals surface area contributed by atoms with E-state index in [0.29, 0.717) is 5.13 Å². The minimum absolute atomic E-state index is 0.0545. The van der Waals surface area contributed by atoms with E-state index >= 15 is 0 Å². The SMILES string of the molecule is CCS(=O)(=O)c1ccc(CC(=O)Nc2nc3c(s2)CNC3Cc2cccc(Br)c2)cc1. The first-order valence-electron chi connectivity index (χ1n) is 9.93. The van der Waals surface area contributed by atoms with E-state index in [0.717, 1.165) is 33.6 Å². The fourth-order valence-electron chi connectivity index (χ4n) is 3.53. The summed E-state index contributed by atoms with van der Waals surface area (Å²) in [7, 11) is -3.24. The van der Waals surface area contributed by atoms with Crippen LogP contribution in [0.25, 0.3) is 0 Å². The van der Waals surface area contributed by atoms with Crippen LogP contribution in [-0.2, 0) is 34.0 Å². The number of aromatic nitrogens is 1. The average molecular weight is 520 g/mol. The molecule has 0 radical (unpaired) electrons. The Morgan fingerprint density at radius 2 is 2.00 bits per heavy atom. The lowest BCUT2D eigenvalue weighted by atomic mass is 10.1. The molecule has 6 nitrogen and oxygen atoms in total. The predicted octanol–water partition coefficient (Wildman–Crippen LogP) is 4.27. The summed E-state index contributed by atoms with van der Waals surface area (Å²) in [5.41, 5.74) is 2.96. The molecule has 1 unspecified atom stereocenters. The monoisotopic (exact) mass is 519 g/mol. The lowest BCUT2D eigenvalue weighted by Crippen LogP contribution is -2.17. The van der Waals surface area contributed by atoms with E-state index in [1.54, 1.807) is 31.2 Å². The summed E-state index contributed by atoms with van der Waals surface area (Å²) >= 11 is 5.00. The highest BCUT2D eigenvalue weighted by Crippen LogP contribution is 2.34. The zero-order chi connectivity index (χ0) is 22.0. The predicted molar refractivity (Wildman–Crippen MR) is 126 cm³/mol. The zero-order valence-electron chi connectivity index (χ0n) is 16.9. The Hall–Kier alpha value is -2.07. The van der Waals surface area contributed by atoms with Crippen LogP contribution in [-0.4, -0.2) is 25.1 Å². The Balaban J connectivity index is 1.39.